The first-order valence-corrected chi connectivity index (χ1v) is 14.5. The van der Waals surface area contributed by atoms with Crippen LogP contribution in [-0.4, -0.2) is 59.3 Å². The van der Waals surface area contributed by atoms with Crippen molar-refractivity contribution in [1.29, 1.82) is 5.26 Å². The zero-order valence-corrected chi connectivity index (χ0v) is 24.8. The van der Waals surface area contributed by atoms with Gasteiger partial charge in [0, 0.05) is 18.7 Å². The summed E-state index contributed by atoms with van der Waals surface area (Å²) in [5, 5.41) is 9.19. The number of benzene rings is 1. The molecule has 2 unspecified atom stereocenters. The number of nitriles is 1. The molecule has 11 nitrogen and oxygen atoms in total. The van der Waals surface area contributed by atoms with Gasteiger partial charge in [-0.05, 0) is 57.4 Å². The fraction of sp³-hybridized carbons (Fsp3) is 0.483. The van der Waals surface area contributed by atoms with Crippen LogP contribution >= 0.6 is 11.3 Å². The molecule has 0 spiro atoms. The number of methoxy groups -OCH3 is 1. The van der Waals surface area contributed by atoms with Crippen molar-refractivity contribution in [2.75, 3.05) is 33.4 Å². The van der Waals surface area contributed by atoms with Gasteiger partial charge in [-0.25, -0.2) is 18.5 Å². The first-order valence-electron chi connectivity index (χ1n) is 13.7. The van der Waals surface area contributed by atoms with Crippen molar-refractivity contribution in [3.63, 3.8) is 0 Å². The fourth-order valence-corrected chi connectivity index (χ4v) is 6.38. The number of halogens is 1. The maximum absolute atomic E-state index is 14.4. The van der Waals surface area contributed by atoms with Gasteiger partial charge in [0.05, 0.1) is 44.7 Å². The Morgan fingerprint density at radius 2 is 1.93 bits per heavy atom. The van der Waals surface area contributed by atoms with Gasteiger partial charge >= 0.3 is 11.7 Å². The summed E-state index contributed by atoms with van der Waals surface area (Å²) < 4.78 is 33.2. The highest BCUT2D eigenvalue weighted by Crippen LogP contribution is 2.33. The number of nitrogens with zero attached hydrogens (tertiary/aromatic N) is 4. The van der Waals surface area contributed by atoms with E-state index in [4.69, 9.17) is 19.5 Å². The molecule has 1 aliphatic heterocycles. The monoisotopic (exact) mass is 600 g/mol. The average Bonchev–Trinajstić information content (AvgIpc) is 3.63. The first kappa shape index (κ1) is 30.9. The third kappa shape index (κ3) is 5.96. The summed E-state index contributed by atoms with van der Waals surface area (Å²) in [6, 6.07) is 4.74. The summed E-state index contributed by atoms with van der Waals surface area (Å²) in [6.45, 7) is 5.68. The van der Waals surface area contributed by atoms with Crippen LogP contribution in [0.2, 0.25) is 0 Å². The van der Waals surface area contributed by atoms with E-state index in [1.807, 2.05) is 6.07 Å². The molecule has 13 heteroatoms. The number of carbonyl (C=O) groups excluding carboxylic acids is 2. The van der Waals surface area contributed by atoms with Crippen LogP contribution in [0.25, 0.3) is 10.2 Å². The number of rotatable bonds is 11. The minimum atomic E-state index is -1.12. The van der Waals surface area contributed by atoms with E-state index in [2.05, 4.69) is 0 Å². The summed E-state index contributed by atoms with van der Waals surface area (Å²) in [5.74, 6) is -1.27. The molecule has 42 heavy (non-hydrogen) atoms. The van der Waals surface area contributed by atoms with Crippen molar-refractivity contribution in [2.24, 2.45) is 0 Å². The summed E-state index contributed by atoms with van der Waals surface area (Å²) >= 11 is 0.926. The van der Waals surface area contributed by atoms with Crippen LogP contribution in [0.4, 0.5) is 4.39 Å². The third-order valence-electron chi connectivity index (χ3n) is 7.29. The van der Waals surface area contributed by atoms with E-state index in [1.54, 1.807) is 18.7 Å². The molecule has 1 saturated heterocycles. The summed E-state index contributed by atoms with van der Waals surface area (Å²) in [7, 11) is 1.41. The summed E-state index contributed by atoms with van der Waals surface area (Å²) in [5.41, 5.74) is -0.866. The highest BCUT2D eigenvalue weighted by Gasteiger charge is 2.31. The zero-order chi connectivity index (χ0) is 30.6. The lowest BCUT2D eigenvalue weighted by Crippen LogP contribution is -2.47. The van der Waals surface area contributed by atoms with Gasteiger partial charge in [-0.3, -0.25) is 14.2 Å². The van der Waals surface area contributed by atoms with E-state index < -0.39 is 35.2 Å². The number of hydrogen-bond acceptors (Lipinski definition) is 9. The highest BCUT2D eigenvalue weighted by atomic mass is 32.1. The number of ether oxygens (including phenoxy) is 3. The number of esters is 1. The van der Waals surface area contributed by atoms with E-state index in [9.17, 15) is 23.6 Å². The molecule has 0 aliphatic carbocycles. The lowest BCUT2D eigenvalue weighted by molar-refractivity contribution is -0.133. The zero-order valence-electron chi connectivity index (χ0n) is 24.0. The topological polar surface area (TPSA) is 133 Å². The van der Waals surface area contributed by atoms with Gasteiger partial charge in [0.2, 0.25) is 5.91 Å². The molecule has 224 valence electrons. The fourth-order valence-electron chi connectivity index (χ4n) is 5.18. The van der Waals surface area contributed by atoms with E-state index >= 15 is 0 Å². The second-order valence-corrected chi connectivity index (χ2v) is 10.9. The van der Waals surface area contributed by atoms with E-state index in [1.165, 1.54) is 36.8 Å². The van der Waals surface area contributed by atoms with Crippen molar-refractivity contribution in [3.8, 4) is 11.8 Å². The van der Waals surface area contributed by atoms with Crippen molar-refractivity contribution < 1.29 is 28.2 Å². The van der Waals surface area contributed by atoms with Gasteiger partial charge in [-0.2, -0.15) is 5.26 Å². The van der Waals surface area contributed by atoms with Gasteiger partial charge in [-0.1, -0.05) is 0 Å². The molecule has 0 N–H and O–H groups in total. The summed E-state index contributed by atoms with van der Waals surface area (Å²) in [6.07, 6.45) is 0.708. The first-order chi connectivity index (χ1) is 20.1. The molecule has 2 aromatic heterocycles. The predicted octanol–water partition coefficient (Wildman–Crippen LogP) is 3.71. The molecule has 0 radical (unpaired) electrons. The van der Waals surface area contributed by atoms with Crippen LogP contribution in [0, 0.1) is 24.1 Å². The van der Waals surface area contributed by atoms with Gasteiger partial charge in [0.25, 0.3) is 5.56 Å². The second kappa shape index (κ2) is 13.3. The molecular formula is C29H33FN4O7S. The van der Waals surface area contributed by atoms with Gasteiger partial charge in [0.1, 0.15) is 33.4 Å². The van der Waals surface area contributed by atoms with Crippen molar-refractivity contribution >= 4 is 33.4 Å². The Morgan fingerprint density at radius 3 is 2.57 bits per heavy atom. The molecular weight excluding hydrogens is 567 g/mol. The smallest absolute Gasteiger partial charge is 0.348 e. The number of hydrogen-bond donors (Lipinski definition) is 0. The third-order valence-corrected chi connectivity index (χ3v) is 8.58. The number of carbonyl (C=O) groups is 2. The SMILES string of the molecule is CCOC(=O)c1sc2c(c1C)c(=O)n(C(C)C(=O)N1CCCC1)c(=O)n2CC(OCCC#N)c1cc(F)ccc1OC. The normalized spacial score (nSPS) is 14.5. The molecule has 2 atom stereocenters. The molecule has 3 aromatic rings. The standard InChI is InChI=1S/C29H33FN4O7S/c1-5-40-28(37)24-17(2)23-26(36)34(18(3)25(35)32-12-6-7-13-32)29(38)33(27(23)42-24)16-22(41-14-8-11-31)20-15-19(30)9-10-21(20)39-4/h9-10,15,18,22H,5-8,12-14,16H2,1-4H3. The maximum atomic E-state index is 14.4. The lowest BCUT2D eigenvalue weighted by atomic mass is 10.1. The van der Waals surface area contributed by atoms with Gasteiger partial charge in [-0.15, -0.1) is 11.3 Å². The molecule has 1 aliphatic rings. The van der Waals surface area contributed by atoms with Gasteiger partial charge in [0.15, 0.2) is 0 Å². The molecule has 3 heterocycles. The van der Waals surface area contributed by atoms with Gasteiger partial charge < -0.3 is 19.1 Å². The highest BCUT2D eigenvalue weighted by molar-refractivity contribution is 7.20. The number of aromatic nitrogens is 2. The Bertz CT molecular complexity index is 1650. The average molecular weight is 601 g/mol. The minimum absolute atomic E-state index is 0.0280. The molecule has 0 saturated carbocycles. The second-order valence-electron chi connectivity index (χ2n) is 9.89. The van der Waals surface area contributed by atoms with E-state index in [-0.39, 0.29) is 52.7 Å². The Labute approximate surface area is 245 Å². The quantitative estimate of drug-likeness (QED) is 0.240. The lowest BCUT2D eigenvalue weighted by Gasteiger charge is -2.24. The molecule has 1 aromatic carbocycles. The van der Waals surface area contributed by atoms with E-state index in [0.717, 1.165) is 28.7 Å². The Morgan fingerprint density at radius 1 is 1.21 bits per heavy atom. The van der Waals surface area contributed by atoms with Crippen molar-refractivity contribution in [3.05, 3.63) is 60.9 Å². The number of likely N-dealkylation sites (tertiary alicyclic amines) is 1. The number of fused-ring (bicyclic) bond motifs is 1. The largest absolute Gasteiger partial charge is 0.496 e. The van der Waals surface area contributed by atoms with Crippen LogP contribution in [0.5, 0.6) is 5.75 Å². The number of amides is 1. The minimum Gasteiger partial charge on any atom is -0.496 e. The summed E-state index contributed by atoms with van der Waals surface area (Å²) in [4.78, 5) is 56.1. The Hall–Kier alpha value is -4.02. The van der Waals surface area contributed by atoms with Crippen LogP contribution < -0.4 is 16.0 Å². The van der Waals surface area contributed by atoms with Crippen LogP contribution in [-0.2, 0) is 20.8 Å². The van der Waals surface area contributed by atoms with Crippen LogP contribution in [0.15, 0.2) is 27.8 Å². The maximum Gasteiger partial charge on any atom is 0.348 e. The predicted molar refractivity (Wildman–Crippen MR) is 153 cm³/mol. The Kier molecular flexibility index (Phi) is 9.80. The molecule has 1 amide bonds. The number of aryl methyl sites for hydroxylation is 1. The van der Waals surface area contributed by atoms with Crippen LogP contribution in [0.1, 0.15) is 66.1 Å². The van der Waals surface area contributed by atoms with Crippen LogP contribution in [0.3, 0.4) is 0 Å². The van der Waals surface area contributed by atoms with Crippen molar-refractivity contribution in [2.45, 2.75) is 58.7 Å². The number of thiophene rings is 1. The van der Waals surface area contributed by atoms with E-state index in [0.29, 0.717) is 24.4 Å². The molecule has 0 bridgehead atoms. The molecule has 4 rings (SSSR count). The van der Waals surface area contributed by atoms with Crippen molar-refractivity contribution in [1.82, 2.24) is 14.0 Å². The Balaban J connectivity index is 1.96. The molecule has 1 fully saturated rings.